The molecule has 0 aliphatic heterocycles. The molecule has 2 rings (SSSR count). The molecule has 0 aliphatic carbocycles. The number of nitro benzene ring substituents is 1. The topological polar surface area (TPSA) is 43.1 Å². The maximum Gasteiger partial charge on any atom is 0.295 e. The Hall–Kier alpha value is -1.65. The number of hydrogen-bond acceptors (Lipinski definition) is 2. The Labute approximate surface area is 112 Å². The highest BCUT2D eigenvalue weighted by Gasteiger charge is 2.21. The van der Waals surface area contributed by atoms with Crippen LogP contribution in [-0.2, 0) is 0 Å². The monoisotopic (exact) mass is 285 g/mol. The van der Waals surface area contributed by atoms with Crippen molar-refractivity contribution in [1.29, 1.82) is 0 Å². The average Bonchev–Trinajstić information content (AvgIpc) is 2.28. The average molecular weight is 286 g/mol. The van der Waals surface area contributed by atoms with Gasteiger partial charge in [0.2, 0.25) is 0 Å². The minimum Gasteiger partial charge on any atom is -0.258 e. The summed E-state index contributed by atoms with van der Waals surface area (Å²) in [6.07, 6.45) is 0. The molecule has 18 heavy (non-hydrogen) atoms. The van der Waals surface area contributed by atoms with Crippen LogP contribution < -0.4 is 0 Å². The highest BCUT2D eigenvalue weighted by molar-refractivity contribution is 6.33. The van der Waals surface area contributed by atoms with E-state index < -0.39 is 10.7 Å². The van der Waals surface area contributed by atoms with Crippen LogP contribution in [0.5, 0.6) is 0 Å². The quantitative estimate of drug-likeness (QED) is 0.592. The van der Waals surface area contributed by atoms with Crippen LogP contribution in [0, 0.1) is 15.9 Å². The summed E-state index contributed by atoms with van der Waals surface area (Å²) in [4.78, 5) is 10.3. The first kappa shape index (κ1) is 12.8. The molecule has 0 atom stereocenters. The van der Waals surface area contributed by atoms with E-state index in [1.165, 1.54) is 0 Å². The lowest BCUT2D eigenvalue weighted by Gasteiger charge is -2.05. The number of benzene rings is 2. The van der Waals surface area contributed by atoms with Gasteiger partial charge in [0.25, 0.3) is 5.69 Å². The first-order valence-electron chi connectivity index (χ1n) is 4.88. The smallest absolute Gasteiger partial charge is 0.258 e. The van der Waals surface area contributed by atoms with Crippen molar-refractivity contribution in [2.24, 2.45) is 0 Å². The molecule has 0 heterocycles. The van der Waals surface area contributed by atoms with Crippen LogP contribution in [0.1, 0.15) is 0 Å². The molecule has 6 heteroatoms. The van der Waals surface area contributed by atoms with E-state index in [-0.39, 0.29) is 16.3 Å². The van der Waals surface area contributed by atoms with Crippen LogP contribution in [-0.4, -0.2) is 4.92 Å². The van der Waals surface area contributed by atoms with Crippen LogP contribution >= 0.6 is 23.2 Å². The van der Waals surface area contributed by atoms with E-state index in [9.17, 15) is 14.5 Å². The predicted molar refractivity (Wildman–Crippen MR) is 68.5 cm³/mol. The zero-order valence-corrected chi connectivity index (χ0v) is 10.4. The fourth-order valence-corrected chi connectivity index (χ4v) is 2.00. The van der Waals surface area contributed by atoms with Crippen LogP contribution in [0.2, 0.25) is 10.0 Å². The van der Waals surface area contributed by atoms with Gasteiger partial charge < -0.3 is 0 Å². The molecule has 0 N–H and O–H groups in total. The molecule has 0 saturated carbocycles. The highest BCUT2D eigenvalue weighted by atomic mass is 35.5. The molecule has 2 aromatic carbocycles. The Kier molecular flexibility index (Phi) is 3.50. The van der Waals surface area contributed by atoms with Crippen molar-refractivity contribution in [3.05, 3.63) is 62.4 Å². The molecule has 0 bridgehead atoms. The van der Waals surface area contributed by atoms with E-state index in [2.05, 4.69) is 0 Å². The summed E-state index contributed by atoms with van der Waals surface area (Å²) >= 11 is 11.4. The Morgan fingerprint density at radius 1 is 1.11 bits per heavy atom. The van der Waals surface area contributed by atoms with Crippen molar-refractivity contribution in [3.8, 4) is 11.1 Å². The molecule has 0 aliphatic rings. The first-order valence-corrected chi connectivity index (χ1v) is 5.64. The molecule has 2 aromatic rings. The molecular weight excluding hydrogens is 280 g/mol. The minimum absolute atomic E-state index is 0.127. The maximum absolute atomic E-state index is 13.3. The summed E-state index contributed by atoms with van der Waals surface area (Å²) < 4.78 is 13.3. The lowest BCUT2D eigenvalue weighted by Crippen LogP contribution is -1.94. The zero-order valence-electron chi connectivity index (χ0n) is 8.86. The molecule has 0 saturated heterocycles. The van der Waals surface area contributed by atoms with E-state index in [1.807, 2.05) is 0 Å². The second kappa shape index (κ2) is 4.92. The maximum atomic E-state index is 13.3. The van der Waals surface area contributed by atoms with Crippen LogP contribution in [0.4, 0.5) is 10.1 Å². The van der Waals surface area contributed by atoms with Crippen molar-refractivity contribution in [2.75, 3.05) is 0 Å². The normalized spacial score (nSPS) is 10.4. The molecule has 0 amide bonds. The van der Waals surface area contributed by atoms with Crippen molar-refractivity contribution in [1.82, 2.24) is 0 Å². The van der Waals surface area contributed by atoms with E-state index in [1.54, 1.807) is 24.3 Å². The van der Waals surface area contributed by atoms with Crippen LogP contribution in [0.3, 0.4) is 0 Å². The third-order valence-corrected chi connectivity index (χ3v) is 2.91. The van der Waals surface area contributed by atoms with Crippen molar-refractivity contribution < 1.29 is 9.31 Å². The van der Waals surface area contributed by atoms with Gasteiger partial charge in [0.05, 0.1) is 10.5 Å². The van der Waals surface area contributed by atoms with Gasteiger partial charge in [-0.1, -0.05) is 35.3 Å². The van der Waals surface area contributed by atoms with Gasteiger partial charge in [-0.25, -0.2) is 4.39 Å². The number of rotatable bonds is 2. The number of nitro groups is 1. The van der Waals surface area contributed by atoms with Crippen molar-refractivity contribution >= 4 is 28.9 Å². The number of halogens is 3. The lowest BCUT2D eigenvalue weighted by molar-refractivity contribution is -0.384. The van der Waals surface area contributed by atoms with E-state index in [0.29, 0.717) is 10.6 Å². The lowest BCUT2D eigenvalue weighted by atomic mass is 10.0. The second-order valence-corrected chi connectivity index (χ2v) is 4.39. The van der Waals surface area contributed by atoms with Crippen LogP contribution in [0.15, 0.2) is 36.4 Å². The Balaban J connectivity index is 2.69. The number of hydrogen-bond donors (Lipinski definition) is 0. The fraction of sp³-hybridized carbons (Fsp3) is 0. The summed E-state index contributed by atoms with van der Waals surface area (Å²) in [7, 11) is 0. The summed E-state index contributed by atoms with van der Waals surface area (Å²) in [5.74, 6) is -0.629. The minimum atomic E-state index is -0.633. The standard InChI is InChI=1S/C12H6Cl2FNO2/c13-8-3-1-7(2-4-8)10-5-9(15)6-11(14)12(10)16(17)18/h1-6H. The van der Waals surface area contributed by atoms with E-state index >= 15 is 0 Å². The summed E-state index contributed by atoms with van der Waals surface area (Å²) in [6.45, 7) is 0. The summed E-state index contributed by atoms with van der Waals surface area (Å²) in [5, 5.41) is 11.2. The van der Waals surface area contributed by atoms with Gasteiger partial charge in [-0.2, -0.15) is 0 Å². The van der Waals surface area contributed by atoms with Crippen LogP contribution in [0.25, 0.3) is 11.1 Å². The molecule has 0 unspecified atom stereocenters. The summed E-state index contributed by atoms with van der Waals surface area (Å²) in [6, 6.07) is 8.27. The van der Waals surface area contributed by atoms with Gasteiger partial charge >= 0.3 is 0 Å². The molecule has 92 valence electrons. The van der Waals surface area contributed by atoms with Gasteiger partial charge in [-0.05, 0) is 29.8 Å². The number of nitrogens with zero attached hydrogens (tertiary/aromatic N) is 1. The Morgan fingerprint density at radius 3 is 2.28 bits per heavy atom. The molecular formula is C12H6Cl2FNO2. The zero-order chi connectivity index (χ0) is 13.3. The van der Waals surface area contributed by atoms with E-state index in [4.69, 9.17) is 23.2 Å². The first-order chi connectivity index (χ1) is 8.49. The third-order valence-electron chi connectivity index (χ3n) is 2.37. The second-order valence-electron chi connectivity index (χ2n) is 3.55. The molecule has 0 spiro atoms. The highest BCUT2D eigenvalue weighted by Crippen LogP contribution is 2.37. The van der Waals surface area contributed by atoms with Gasteiger partial charge in [0, 0.05) is 5.02 Å². The SMILES string of the molecule is O=[N+]([O-])c1c(Cl)cc(F)cc1-c1ccc(Cl)cc1. The third kappa shape index (κ3) is 2.44. The van der Waals surface area contributed by atoms with Gasteiger partial charge in [0.15, 0.2) is 0 Å². The Morgan fingerprint density at radius 2 is 1.72 bits per heavy atom. The molecule has 0 radical (unpaired) electrons. The predicted octanol–water partition coefficient (Wildman–Crippen LogP) is 4.71. The molecule has 3 nitrogen and oxygen atoms in total. The summed E-state index contributed by atoms with van der Waals surface area (Å²) in [5.41, 5.74) is 0.287. The van der Waals surface area contributed by atoms with Gasteiger partial charge in [-0.15, -0.1) is 0 Å². The van der Waals surface area contributed by atoms with Crippen molar-refractivity contribution in [2.45, 2.75) is 0 Å². The fourth-order valence-electron chi connectivity index (χ4n) is 1.60. The Bertz CT molecular complexity index is 614. The van der Waals surface area contributed by atoms with Crippen molar-refractivity contribution in [3.63, 3.8) is 0 Å². The molecule has 0 aromatic heterocycles. The van der Waals surface area contributed by atoms with E-state index in [0.717, 1.165) is 12.1 Å². The molecule has 0 fully saturated rings. The largest absolute Gasteiger partial charge is 0.295 e. The van der Waals surface area contributed by atoms with Gasteiger partial charge in [-0.3, -0.25) is 10.1 Å². The van der Waals surface area contributed by atoms with Gasteiger partial charge in [0.1, 0.15) is 10.8 Å².